The van der Waals surface area contributed by atoms with Crippen LogP contribution < -0.4 is 15.5 Å². The Morgan fingerprint density at radius 1 is 0.900 bits per heavy atom. The minimum atomic E-state index is -2.49. The third kappa shape index (κ3) is 4.63. The molecule has 2 heterocycles. The number of fused-ring (bicyclic) bond motifs is 1. The molecule has 1 saturated heterocycles. The lowest BCUT2D eigenvalue weighted by atomic mass is 10.1. The van der Waals surface area contributed by atoms with Crippen LogP contribution in [-0.4, -0.2) is 59.2 Å². The molecule has 0 radical (unpaired) electrons. The molecule has 212 valence electrons. The second kappa shape index (κ2) is 10.1. The molecule has 1 amide bonds. The first-order valence-electron chi connectivity index (χ1n) is 12.0. The van der Waals surface area contributed by atoms with Gasteiger partial charge in [0, 0.05) is 43.8 Å². The molecule has 1 aliphatic carbocycles. The van der Waals surface area contributed by atoms with Gasteiger partial charge in [0.2, 0.25) is 11.2 Å². The summed E-state index contributed by atoms with van der Waals surface area (Å²) in [6.07, 6.45) is 2.75. The standard InChI is InChI=1S/C25H19F7N4O4/c26-14-7-12-15(35(11-1-2-11)9-13(24(12)38)25(39)40)8-16(14)34-5-3-33(4-6-34)10-17(37)36(32)23-21(30)19(28)18(27)20(29)22(23)31/h7-9,11H,1-6,10H2,(H,39,40). The van der Waals surface area contributed by atoms with E-state index in [0.717, 1.165) is 18.9 Å². The van der Waals surface area contributed by atoms with E-state index in [1.807, 2.05) is 0 Å². The van der Waals surface area contributed by atoms with Crippen LogP contribution in [0.15, 0.2) is 23.1 Å². The smallest absolute Gasteiger partial charge is 0.341 e. The molecule has 8 nitrogen and oxygen atoms in total. The first-order chi connectivity index (χ1) is 18.9. The predicted molar refractivity (Wildman–Crippen MR) is 127 cm³/mol. The summed E-state index contributed by atoms with van der Waals surface area (Å²) in [6, 6.07) is 2.37. The second-order valence-corrected chi connectivity index (χ2v) is 9.49. The van der Waals surface area contributed by atoms with E-state index in [4.69, 9.17) is 0 Å². The molecule has 1 N–H and O–H groups in total. The Hall–Kier alpha value is -4.14. The van der Waals surface area contributed by atoms with E-state index in [1.165, 1.54) is 17.2 Å². The summed E-state index contributed by atoms with van der Waals surface area (Å²) in [7, 11) is 0. The van der Waals surface area contributed by atoms with Gasteiger partial charge in [0.1, 0.15) is 11.4 Å². The number of aromatic carboxylic acids is 1. The molecule has 3 aromatic rings. The number of carbonyl (C=O) groups is 2. The summed E-state index contributed by atoms with van der Waals surface area (Å²) in [5.74, 6) is -16.1. The Labute approximate surface area is 220 Å². The minimum absolute atomic E-state index is 0.0293. The Kier molecular flexibility index (Phi) is 6.94. The van der Waals surface area contributed by atoms with Gasteiger partial charge in [-0.2, -0.15) is 0 Å². The predicted octanol–water partition coefficient (Wildman–Crippen LogP) is 3.91. The van der Waals surface area contributed by atoms with Crippen molar-refractivity contribution in [2.45, 2.75) is 18.9 Å². The zero-order chi connectivity index (χ0) is 29.0. The van der Waals surface area contributed by atoms with Gasteiger partial charge in [-0.25, -0.2) is 31.1 Å². The molecular weight excluding hydrogens is 553 g/mol. The monoisotopic (exact) mass is 572 g/mol. The number of nitrogens with zero attached hydrogens (tertiary/aromatic N) is 4. The van der Waals surface area contributed by atoms with Crippen LogP contribution in [0.3, 0.4) is 0 Å². The molecule has 2 fully saturated rings. The number of benzene rings is 2. The van der Waals surface area contributed by atoms with Gasteiger partial charge < -0.3 is 14.6 Å². The van der Waals surface area contributed by atoms with Gasteiger partial charge in [0.05, 0.1) is 17.7 Å². The highest BCUT2D eigenvalue weighted by Crippen LogP contribution is 2.38. The lowest BCUT2D eigenvalue weighted by Gasteiger charge is -2.36. The highest BCUT2D eigenvalue weighted by atomic mass is 19.2. The lowest BCUT2D eigenvalue weighted by Crippen LogP contribution is -2.49. The summed E-state index contributed by atoms with van der Waals surface area (Å²) in [4.78, 5) is 39.4. The Bertz CT molecular complexity index is 1590. The number of carboxylic acids is 1. The first kappa shape index (κ1) is 27.4. The van der Waals surface area contributed by atoms with E-state index in [-0.39, 0.29) is 43.3 Å². The molecule has 2 aromatic carbocycles. The van der Waals surface area contributed by atoms with Crippen LogP contribution in [-0.2, 0) is 4.79 Å². The quantitative estimate of drug-likeness (QED) is 0.209. The maximum absolute atomic E-state index is 15.1. The van der Waals surface area contributed by atoms with Crippen molar-refractivity contribution in [1.29, 1.82) is 0 Å². The van der Waals surface area contributed by atoms with Crippen molar-refractivity contribution >= 4 is 34.2 Å². The molecule has 0 bridgehead atoms. The van der Waals surface area contributed by atoms with Gasteiger partial charge in [-0.3, -0.25) is 14.5 Å². The number of hydrogen-bond acceptors (Lipinski definition) is 5. The molecule has 15 heteroatoms. The molecule has 1 aliphatic heterocycles. The van der Waals surface area contributed by atoms with E-state index in [2.05, 4.69) is 0 Å². The van der Waals surface area contributed by atoms with E-state index >= 15 is 4.39 Å². The highest BCUT2D eigenvalue weighted by Gasteiger charge is 2.34. The fourth-order valence-corrected chi connectivity index (χ4v) is 4.70. The van der Waals surface area contributed by atoms with Crippen LogP contribution in [0, 0.1) is 34.9 Å². The van der Waals surface area contributed by atoms with Gasteiger partial charge >= 0.3 is 5.97 Å². The number of amides is 1. The Morgan fingerprint density at radius 2 is 1.48 bits per heavy atom. The van der Waals surface area contributed by atoms with Gasteiger partial charge in [0.25, 0.3) is 5.91 Å². The average Bonchev–Trinajstić information content (AvgIpc) is 3.77. The van der Waals surface area contributed by atoms with Crippen LogP contribution >= 0.6 is 0 Å². The van der Waals surface area contributed by atoms with Crippen molar-refractivity contribution in [3.63, 3.8) is 0 Å². The number of pyridine rings is 1. The van der Waals surface area contributed by atoms with Crippen LogP contribution in [0.2, 0.25) is 0 Å². The third-order valence-corrected chi connectivity index (χ3v) is 6.95. The molecule has 1 aromatic heterocycles. The number of rotatable bonds is 6. The number of carbonyl (C=O) groups excluding carboxylic acids is 1. The third-order valence-electron chi connectivity index (χ3n) is 6.95. The summed E-state index contributed by atoms with van der Waals surface area (Å²) in [6.45, 7) is -0.539. The molecule has 5 rings (SSSR count). The fraction of sp³-hybridized carbons (Fsp3) is 0.320. The maximum Gasteiger partial charge on any atom is 0.341 e. The highest BCUT2D eigenvalue weighted by molar-refractivity contribution is 5.94. The molecule has 40 heavy (non-hydrogen) atoms. The van der Waals surface area contributed by atoms with Crippen molar-refractivity contribution in [2.24, 2.45) is 0 Å². The Morgan fingerprint density at radius 3 is 2.02 bits per heavy atom. The Balaban J connectivity index is 1.33. The van der Waals surface area contributed by atoms with E-state index in [0.29, 0.717) is 5.52 Å². The van der Waals surface area contributed by atoms with Crippen molar-refractivity contribution in [3.05, 3.63) is 69.0 Å². The van der Waals surface area contributed by atoms with Crippen LogP contribution in [0.4, 0.5) is 42.2 Å². The fourth-order valence-electron chi connectivity index (χ4n) is 4.70. The molecule has 0 spiro atoms. The number of carboxylic acid groups (broad SMARTS) is 1. The lowest BCUT2D eigenvalue weighted by molar-refractivity contribution is -0.122. The number of aromatic nitrogens is 1. The van der Waals surface area contributed by atoms with Gasteiger partial charge in [-0.15, -0.1) is 5.12 Å². The van der Waals surface area contributed by atoms with Crippen LogP contribution in [0.25, 0.3) is 10.9 Å². The van der Waals surface area contributed by atoms with Crippen LogP contribution in [0.5, 0.6) is 0 Å². The zero-order valence-corrected chi connectivity index (χ0v) is 20.4. The van der Waals surface area contributed by atoms with Gasteiger partial charge in [-0.05, 0) is 25.0 Å². The van der Waals surface area contributed by atoms with Crippen LogP contribution in [0.1, 0.15) is 29.2 Å². The molecule has 0 unspecified atom stereocenters. The normalized spacial score (nSPS) is 16.0. The molecule has 1 saturated carbocycles. The largest absolute Gasteiger partial charge is 0.477 e. The van der Waals surface area contributed by atoms with Gasteiger partial charge in [0.15, 0.2) is 29.0 Å². The van der Waals surface area contributed by atoms with Crippen molar-refractivity contribution < 1.29 is 45.5 Å². The van der Waals surface area contributed by atoms with E-state index in [9.17, 15) is 45.9 Å². The van der Waals surface area contributed by atoms with E-state index < -0.39 is 75.1 Å². The second-order valence-electron chi connectivity index (χ2n) is 9.49. The SMILES string of the molecule is O=C(O)c1cn(C2CC2)c2cc(N3CCN(CC(=O)N(F)c4c(F)c(F)c(F)c(F)c4F)CC3)c(F)cc2c1=O. The van der Waals surface area contributed by atoms with Gasteiger partial charge in [-0.1, -0.05) is 4.48 Å². The topological polar surface area (TPSA) is 86.1 Å². The maximum atomic E-state index is 15.1. The van der Waals surface area contributed by atoms with E-state index in [1.54, 1.807) is 9.47 Å². The number of anilines is 2. The summed E-state index contributed by atoms with van der Waals surface area (Å²) in [5, 5.41) is 8.15. The molecule has 0 atom stereocenters. The molecular formula is C25H19F7N4O4. The van der Waals surface area contributed by atoms with Crippen molar-refractivity contribution in [2.75, 3.05) is 42.7 Å². The number of hydrogen-bond donors (Lipinski definition) is 1. The zero-order valence-electron chi connectivity index (χ0n) is 20.4. The van der Waals surface area contributed by atoms with Crippen molar-refractivity contribution in [3.8, 4) is 0 Å². The summed E-state index contributed by atoms with van der Waals surface area (Å²) >= 11 is 0. The number of halogens is 7. The summed E-state index contributed by atoms with van der Waals surface area (Å²) in [5.41, 5.74) is -2.87. The summed E-state index contributed by atoms with van der Waals surface area (Å²) < 4.78 is 99.0. The number of piperazine rings is 1. The van der Waals surface area contributed by atoms with Crippen molar-refractivity contribution in [1.82, 2.24) is 9.47 Å². The molecule has 2 aliphatic rings. The average molecular weight is 572 g/mol. The first-order valence-corrected chi connectivity index (χ1v) is 12.0. The minimum Gasteiger partial charge on any atom is -0.477 e.